The van der Waals surface area contributed by atoms with Crippen molar-refractivity contribution < 1.29 is 9.53 Å². The Morgan fingerprint density at radius 2 is 2.19 bits per heavy atom. The average Bonchev–Trinajstić information content (AvgIpc) is 2.68. The summed E-state index contributed by atoms with van der Waals surface area (Å²) in [5.41, 5.74) is 1.81. The molecule has 2 aromatic rings. The second-order valence-corrected chi connectivity index (χ2v) is 3.57. The first kappa shape index (κ1) is 10.7. The molecule has 1 heterocycles. The summed E-state index contributed by atoms with van der Waals surface area (Å²) in [6.07, 6.45) is 0.949. The van der Waals surface area contributed by atoms with E-state index in [1.165, 1.54) is 7.11 Å². The average molecular weight is 218 g/mol. The minimum atomic E-state index is -0.385. The molecule has 16 heavy (non-hydrogen) atoms. The fraction of sp³-hybridized carbons (Fsp3) is 0.333. The molecule has 0 amide bonds. The minimum Gasteiger partial charge on any atom is -0.463 e. The number of fused-ring (bicyclic) bond motifs is 1. The smallest absolute Gasteiger partial charge is 0.374 e. The zero-order valence-corrected chi connectivity index (χ0v) is 9.43. The van der Waals surface area contributed by atoms with E-state index in [4.69, 9.17) is 4.74 Å². The molecule has 4 nitrogen and oxygen atoms in total. The van der Waals surface area contributed by atoms with E-state index in [-0.39, 0.29) is 5.97 Å². The van der Waals surface area contributed by atoms with Crippen LogP contribution in [0, 0.1) is 0 Å². The maximum absolute atomic E-state index is 11.6. The Bertz CT molecular complexity index is 517. The number of benzene rings is 1. The van der Waals surface area contributed by atoms with Crippen LogP contribution < -0.4 is 0 Å². The Labute approximate surface area is 93.9 Å². The number of carbonyl (C=O) groups is 1. The number of methoxy groups -OCH3 is 1. The van der Waals surface area contributed by atoms with Crippen LogP contribution in [0.3, 0.4) is 0 Å². The molecule has 0 atom stereocenters. The van der Waals surface area contributed by atoms with Crippen LogP contribution in [0.5, 0.6) is 0 Å². The molecule has 0 aliphatic rings. The monoisotopic (exact) mass is 218 g/mol. The predicted octanol–water partition coefficient (Wildman–Crippen LogP) is 2.23. The highest BCUT2D eigenvalue weighted by molar-refractivity contribution is 5.91. The number of aromatic nitrogens is 2. The number of aryl methyl sites for hydroxylation is 1. The Morgan fingerprint density at radius 3 is 2.88 bits per heavy atom. The highest BCUT2D eigenvalue weighted by Gasteiger charge is 2.16. The van der Waals surface area contributed by atoms with E-state index in [0.29, 0.717) is 5.82 Å². The summed E-state index contributed by atoms with van der Waals surface area (Å²) in [5, 5.41) is 0. The van der Waals surface area contributed by atoms with E-state index in [0.717, 1.165) is 24.0 Å². The summed E-state index contributed by atoms with van der Waals surface area (Å²) in [6.45, 7) is 2.83. The number of nitrogens with zero attached hydrogens (tertiary/aromatic N) is 2. The normalized spacial score (nSPS) is 10.6. The van der Waals surface area contributed by atoms with Crippen molar-refractivity contribution in [3.63, 3.8) is 0 Å². The van der Waals surface area contributed by atoms with Gasteiger partial charge in [0.25, 0.3) is 0 Å². The van der Waals surface area contributed by atoms with Gasteiger partial charge in [-0.1, -0.05) is 19.1 Å². The topological polar surface area (TPSA) is 44.1 Å². The second kappa shape index (κ2) is 4.35. The van der Waals surface area contributed by atoms with Crippen LogP contribution in [0.25, 0.3) is 11.0 Å². The van der Waals surface area contributed by atoms with Crippen molar-refractivity contribution in [2.45, 2.75) is 19.9 Å². The quantitative estimate of drug-likeness (QED) is 0.742. The van der Waals surface area contributed by atoms with Crippen LogP contribution in [-0.4, -0.2) is 22.6 Å². The lowest BCUT2D eigenvalue weighted by Crippen LogP contribution is -2.11. The standard InChI is InChI=1S/C12H14N2O2/c1-3-8-14-10-7-5-4-6-9(10)13-11(14)12(15)16-2/h4-7H,3,8H2,1-2H3. The van der Waals surface area contributed by atoms with Gasteiger partial charge in [-0.25, -0.2) is 9.78 Å². The molecule has 0 aliphatic heterocycles. The summed E-state index contributed by atoms with van der Waals surface area (Å²) in [4.78, 5) is 15.9. The fourth-order valence-electron chi connectivity index (χ4n) is 1.77. The van der Waals surface area contributed by atoms with Crippen molar-refractivity contribution >= 4 is 17.0 Å². The minimum absolute atomic E-state index is 0.380. The molecule has 0 N–H and O–H groups in total. The molecule has 0 aliphatic carbocycles. The first-order valence-corrected chi connectivity index (χ1v) is 5.31. The third-order valence-electron chi connectivity index (χ3n) is 2.47. The van der Waals surface area contributed by atoms with Gasteiger partial charge in [0.2, 0.25) is 5.82 Å². The van der Waals surface area contributed by atoms with Gasteiger partial charge in [-0.05, 0) is 18.6 Å². The molecule has 0 unspecified atom stereocenters. The molecule has 84 valence electrons. The third kappa shape index (κ3) is 1.66. The van der Waals surface area contributed by atoms with Crippen LogP contribution >= 0.6 is 0 Å². The number of hydrogen-bond donors (Lipinski definition) is 0. The van der Waals surface area contributed by atoms with Gasteiger partial charge in [-0.3, -0.25) is 0 Å². The SMILES string of the molecule is CCCn1c(C(=O)OC)nc2ccccc21. The second-order valence-electron chi connectivity index (χ2n) is 3.57. The predicted molar refractivity (Wildman–Crippen MR) is 61.4 cm³/mol. The van der Waals surface area contributed by atoms with Gasteiger partial charge in [0.05, 0.1) is 18.1 Å². The highest BCUT2D eigenvalue weighted by Crippen LogP contribution is 2.16. The molecule has 1 aromatic heterocycles. The van der Waals surface area contributed by atoms with Crippen molar-refractivity contribution in [1.82, 2.24) is 9.55 Å². The lowest BCUT2D eigenvalue weighted by molar-refractivity contribution is 0.0582. The van der Waals surface area contributed by atoms with E-state index in [9.17, 15) is 4.79 Å². The molecule has 0 spiro atoms. The summed E-state index contributed by atoms with van der Waals surface area (Å²) >= 11 is 0. The van der Waals surface area contributed by atoms with Crippen LogP contribution in [0.2, 0.25) is 0 Å². The number of imidazole rings is 1. The lowest BCUT2D eigenvalue weighted by Gasteiger charge is -2.05. The van der Waals surface area contributed by atoms with Crippen LogP contribution in [0.4, 0.5) is 0 Å². The number of ether oxygens (including phenoxy) is 1. The molecule has 0 saturated carbocycles. The first-order chi connectivity index (χ1) is 7.77. The Hall–Kier alpha value is -1.84. The maximum atomic E-state index is 11.6. The first-order valence-electron chi connectivity index (χ1n) is 5.31. The number of rotatable bonds is 3. The Balaban J connectivity index is 2.62. The van der Waals surface area contributed by atoms with Gasteiger partial charge in [0.15, 0.2) is 0 Å². The number of para-hydroxylation sites is 2. The number of carbonyl (C=O) groups excluding carboxylic acids is 1. The highest BCUT2D eigenvalue weighted by atomic mass is 16.5. The van der Waals surface area contributed by atoms with E-state index < -0.39 is 0 Å². The molecular formula is C12H14N2O2. The van der Waals surface area contributed by atoms with Crippen molar-refractivity contribution in [2.24, 2.45) is 0 Å². The van der Waals surface area contributed by atoms with E-state index >= 15 is 0 Å². The van der Waals surface area contributed by atoms with Gasteiger partial charge in [-0.2, -0.15) is 0 Å². The van der Waals surface area contributed by atoms with Crippen LogP contribution in [0.15, 0.2) is 24.3 Å². The van der Waals surface area contributed by atoms with E-state index in [2.05, 4.69) is 11.9 Å². The Morgan fingerprint density at radius 1 is 1.44 bits per heavy atom. The summed E-state index contributed by atoms with van der Waals surface area (Å²) in [7, 11) is 1.37. The van der Waals surface area contributed by atoms with Crippen molar-refractivity contribution in [1.29, 1.82) is 0 Å². The molecular weight excluding hydrogens is 204 g/mol. The molecule has 0 radical (unpaired) electrons. The molecule has 2 rings (SSSR count). The zero-order valence-electron chi connectivity index (χ0n) is 9.43. The van der Waals surface area contributed by atoms with Gasteiger partial charge in [0.1, 0.15) is 0 Å². The van der Waals surface area contributed by atoms with Gasteiger partial charge in [-0.15, -0.1) is 0 Å². The van der Waals surface area contributed by atoms with Crippen molar-refractivity contribution in [2.75, 3.05) is 7.11 Å². The van der Waals surface area contributed by atoms with Crippen molar-refractivity contribution in [3.05, 3.63) is 30.1 Å². The Kier molecular flexibility index (Phi) is 2.90. The molecule has 4 heteroatoms. The van der Waals surface area contributed by atoms with Crippen LogP contribution in [0.1, 0.15) is 24.0 Å². The molecule has 0 saturated heterocycles. The summed E-state index contributed by atoms with van der Waals surface area (Å²) in [5.74, 6) is -0.00444. The molecule has 0 bridgehead atoms. The number of hydrogen-bond acceptors (Lipinski definition) is 3. The molecule has 1 aromatic carbocycles. The zero-order chi connectivity index (χ0) is 11.5. The van der Waals surface area contributed by atoms with Gasteiger partial charge in [0, 0.05) is 6.54 Å². The largest absolute Gasteiger partial charge is 0.463 e. The van der Waals surface area contributed by atoms with E-state index in [1.807, 2.05) is 28.8 Å². The third-order valence-corrected chi connectivity index (χ3v) is 2.47. The fourth-order valence-corrected chi connectivity index (χ4v) is 1.77. The van der Waals surface area contributed by atoms with Crippen molar-refractivity contribution in [3.8, 4) is 0 Å². The van der Waals surface area contributed by atoms with Crippen LogP contribution in [-0.2, 0) is 11.3 Å². The molecule has 0 fully saturated rings. The number of esters is 1. The van der Waals surface area contributed by atoms with Gasteiger partial charge < -0.3 is 9.30 Å². The lowest BCUT2D eigenvalue weighted by atomic mass is 10.3. The summed E-state index contributed by atoms with van der Waals surface area (Å²) in [6, 6.07) is 7.71. The van der Waals surface area contributed by atoms with E-state index in [1.54, 1.807) is 0 Å². The maximum Gasteiger partial charge on any atom is 0.374 e. The summed E-state index contributed by atoms with van der Waals surface area (Å²) < 4.78 is 6.63. The van der Waals surface area contributed by atoms with Gasteiger partial charge >= 0.3 is 5.97 Å².